The molecule has 0 spiro atoms. The predicted molar refractivity (Wildman–Crippen MR) is 71.2 cm³/mol. The fraction of sp³-hybridized carbons (Fsp3) is 1.00. The van der Waals surface area contributed by atoms with E-state index in [2.05, 4.69) is 22.5 Å². The molecule has 3 aliphatic rings. The minimum atomic E-state index is 0.707. The molecule has 3 nitrogen and oxygen atoms in total. The molecule has 3 rings (SSSR count). The highest BCUT2D eigenvalue weighted by atomic mass is 15.2. The highest BCUT2D eigenvalue weighted by Crippen LogP contribution is 2.29. The van der Waals surface area contributed by atoms with Crippen molar-refractivity contribution in [2.24, 2.45) is 5.92 Å². The van der Waals surface area contributed by atoms with Crippen molar-refractivity contribution in [3.63, 3.8) is 0 Å². The first-order valence-corrected chi connectivity index (χ1v) is 7.54. The summed E-state index contributed by atoms with van der Waals surface area (Å²) in [5, 5.41) is 7.45. The summed E-state index contributed by atoms with van der Waals surface area (Å²) in [5.41, 5.74) is 0. The zero-order valence-corrected chi connectivity index (χ0v) is 11.1. The Morgan fingerprint density at radius 3 is 2.88 bits per heavy atom. The molecule has 2 heterocycles. The van der Waals surface area contributed by atoms with Crippen molar-refractivity contribution < 1.29 is 0 Å². The van der Waals surface area contributed by atoms with Gasteiger partial charge in [-0.05, 0) is 44.6 Å². The van der Waals surface area contributed by atoms with Gasteiger partial charge >= 0.3 is 0 Å². The highest BCUT2D eigenvalue weighted by molar-refractivity contribution is 4.92. The van der Waals surface area contributed by atoms with Crippen molar-refractivity contribution in [1.82, 2.24) is 15.5 Å². The third-order valence-electron chi connectivity index (χ3n) is 4.84. The Balaban J connectivity index is 1.39. The molecule has 0 bridgehead atoms. The molecule has 0 aromatic rings. The molecule has 1 aliphatic carbocycles. The summed E-state index contributed by atoms with van der Waals surface area (Å²) in [6.07, 6.45) is 7.02. The van der Waals surface area contributed by atoms with E-state index in [0.717, 1.165) is 18.0 Å². The molecular weight excluding hydrogens is 210 g/mol. The van der Waals surface area contributed by atoms with Gasteiger partial charge in [-0.25, -0.2) is 0 Å². The zero-order chi connectivity index (χ0) is 11.7. The van der Waals surface area contributed by atoms with Crippen molar-refractivity contribution >= 4 is 0 Å². The number of likely N-dealkylation sites (tertiary alicyclic amines) is 1. The van der Waals surface area contributed by atoms with Crippen LogP contribution in [0.1, 0.15) is 39.0 Å². The molecule has 98 valence electrons. The molecule has 2 N–H and O–H groups in total. The third kappa shape index (κ3) is 3.01. The lowest BCUT2D eigenvalue weighted by molar-refractivity contribution is 0.276. The van der Waals surface area contributed by atoms with Crippen LogP contribution < -0.4 is 10.6 Å². The van der Waals surface area contributed by atoms with Crippen molar-refractivity contribution in [2.75, 3.05) is 26.2 Å². The summed E-state index contributed by atoms with van der Waals surface area (Å²) < 4.78 is 0. The van der Waals surface area contributed by atoms with Crippen LogP contribution in [0.3, 0.4) is 0 Å². The Labute approximate surface area is 105 Å². The SMILES string of the molecule is CC1CCCNC1CNC1CCN(C2CC2)C1. The molecule has 3 unspecified atom stereocenters. The first kappa shape index (κ1) is 11.9. The molecule has 0 radical (unpaired) electrons. The molecule has 3 atom stereocenters. The van der Waals surface area contributed by atoms with Crippen LogP contribution in [0.15, 0.2) is 0 Å². The molecule has 1 saturated carbocycles. The lowest BCUT2D eigenvalue weighted by Gasteiger charge is -2.31. The Hall–Kier alpha value is -0.120. The molecule has 17 heavy (non-hydrogen) atoms. The molecule has 0 aromatic heterocycles. The number of hydrogen-bond donors (Lipinski definition) is 2. The molecular formula is C14H27N3. The lowest BCUT2D eigenvalue weighted by atomic mass is 9.92. The van der Waals surface area contributed by atoms with E-state index in [1.165, 1.54) is 58.3 Å². The van der Waals surface area contributed by atoms with Gasteiger partial charge in [-0.2, -0.15) is 0 Å². The minimum Gasteiger partial charge on any atom is -0.312 e. The maximum absolute atomic E-state index is 3.79. The van der Waals surface area contributed by atoms with E-state index in [9.17, 15) is 0 Å². The third-order valence-corrected chi connectivity index (χ3v) is 4.84. The van der Waals surface area contributed by atoms with Gasteiger partial charge in [-0.15, -0.1) is 0 Å². The Morgan fingerprint density at radius 2 is 2.12 bits per heavy atom. The van der Waals surface area contributed by atoms with E-state index in [1.807, 2.05) is 0 Å². The quantitative estimate of drug-likeness (QED) is 0.769. The minimum absolute atomic E-state index is 0.707. The second-order valence-electron chi connectivity index (χ2n) is 6.30. The first-order chi connectivity index (χ1) is 8.33. The maximum Gasteiger partial charge on any atom is 0.0218 e. The smallest absolute Gasteiger partial charge is 0.0218 e. The topological polar surface area (TPSA) is 27.3 Å². The Bertz CT molecular complexity index is 252. The molecule has 3 fully saturated rings. The van der Waals surface area contributed by atoms with Gasteiger partial charge in [-0.3, -0.25) is 4.90 Å². The average molecular weight is 237 g/mol. The van der Waals surface area contributed by atoms with E-state index in [1.54, 1.807) is 0 Å². The molecule has 2 aliphatic heterocycles. The van der Waals surface area contributed by atoms with Crippen molar-refractivity contribution in [2.45, 2.75) is 57.2 Å². The molecule has 3 heteroatoms. The largest absolute Gasteiger partial charge is 0.312 e. The number of rotatable bonds is 4. The fourth-order valence-corrected chi connectivity index (χ4v) is 3.41. The second kappa shape index (κ2) is 5.25. The highest BCUT2D eigenvalue weighted by Gasteiger charge is 2.34. The standard InChI is InChI=1S/C14H27N3/c1-11-3-2-7-15-14(11)9-16-12-6-8-17(10-12)13-4-5-13/h11-16H,2-10H2,1H3. The van der Waals surface area contributed by atoms with Crippen molar-refractivity contribution in [1.29, 1.82) is 0 Å². The first-order valence-electron chi connectivity index (χ1n) is 7.54. The van der Waals surface area contributed by atoms with E-state index in [4.69, 9.17) is 0 Å². The summed E-state index contributed by atoms with van der Waals surface area (Å²) in [6, 6.07) is 2.42. The zero-order valence-electron chi connectivity index (χ0n) is 11.1. The van der Waals surface area contributed by atoms with Crippen molar-refractivity contribution in [3.05, 3.63) is 0 Å². The summed E-state index contributed by atoms with van der Waals surface area (Å²) in [5.74, 6) is 0.845. The van der Waals surface area contributed by atoms with Crippen LogP contribution in [0.2, 0.25) is 0 Å². The van der Waals surface area contributed by atoms with Gasteiger partial charge in [0.1, 0.15) is 0 Å². The van der Waals surface area contributed by atoms with E-state index >= 15 is 0 Å². The van der Waals surface area contributed by atoms with E-state index in [0.29, 0.717) is 6.04 Å². The summed E-state index contributed by atoms with van der Waals surface area (Å²) in [6.45, 7) is 7.41. The Morgan fingerprint density at radius 1 is 1.24 bits per heavy atom. The maximum atomic E-state index is 3.79. The van der Waals surface area contributed by atoms with Gasteiger partial charge in [0.2, 0.25) is 0 Å². The molecule has 0 aromatic carbocycles. The van der Waals surface area contributed by atoms with Gasteiger partial charge in [0, 0.05) is 37.8 Å². The average Bonchev–Trinajstić information content (AvgIpc) is 3.08. The van der Waals surface area contributed by atoms with E-state index < -0.39 is 0 Å². The van der Waals surface area contributed by atoms with Gasteiger partial charge in [0.15, 0.2) is 0 Å². The van der Waals surface area contributed by atoms with Crippen LogP contribution in [0.5, 0.6) is 0 Å². The number of piperidine rings is 1. The molecule has 0 amide bonds. The van der Waals surface area contributed by atoms with Crippen LogP contribution in [0, 0.1) is 5.92 Å². The monoisotopic (exact) mass is 237 g/mol. The van der Waals surface area contributed by atoms with Crippen LogP contribution in [-0.4, -0.2) is 49.2 Å². The van der Waals surface area contributed by atoms with Gasteiger partial charge in [0.25, 0.3) is 0 Å². The normalized spacial score (nSPS) is 39.7. The van der Waals surface area contributed by atoms with Crippen LogP contribution in [-0.2, 0) is 0 Å². The van der Waals surface area contributed by atoms with Crippen LogP contribution in [0.4, 0.5) is 0 Å². The van der Waals surface area contributed by atoms with Crippen molar-refractivity contribution in [3.8, 4) is 0 Å². The number of hydrogen-bond acceptors (Lipinski definition) is 3. The lowest BCUT2D eigenvalue weighted by Crippen LogP contribution is -2.49. The fourth-order valence-electron chi connectivity index (χ4n) is 3.41. The summed E-state index contributed by atoms with van der Waals surface area (Å²) in [7, 11) is 0. The molecule has 2 saturated heterocycles. The summed E-state index contributed by atoms with van der Waals surface area (Å²) >= 11 is 0. The van der Waals surface area contributed by atoms with Gasteiger partial charge in [-0.1, -0.05) is 6.92 Å². The predicted octanol–water partition coefficient (Wildman–Crippen LogP) is 1.20. The Kier molecular flexibility index (Phi) is 3.69. The number of nitrogens with zero attached hydrogens (tertiary/aromatic N) is 1. The summed E-state index contributed by atoms with van der Waals surface area (Å²) in [4.78, 5) is 2.69. The van der Waals surface area contributed by atoms with Gasteiger partial charge in [0.05, 0.1) is 0 Å². The second-order valence-corrected chi connectivity index (χ2v) is 6.30. The van der Waals surface area contributed by atoms with E-state index in [-0.39, 0.29) is 0 Å². The van der Waals surface area contributed by atoms with Crippen LogP contribution >= 0.6 is 0 Å². The van der Waals surface area contributed by atoms with Crippen LogP contribution in [0.25, 0.3) is 0 Å². The van der Waals surface area contributed by atoms with Gasteiger partial charge < -0.3 is 10.6 Å². The number of nitrogens with one attached hydrogen (secondary N) is 2.